The lowest BCUT2D eigenvalue weighted by Gasteiger charge is -2.35. The Bertz CT molecular complexity index is 440. The van der Waals surface area contributed by atoms with Gasteiger partial charge in [0.15, 0.2) is 0 Å². The maximum absolute atomic E-state index is 12.5. The number of carbonyl (C=O) groups excluding carboxylic acids is 1. The van der Waals surface area contributed by atoms with Crippen molar-refractivity contribution in [3.8, 4) is 0 Å². The third kappa shape index (κ3) is 1.58. The van der Waals surface area contributed by atoms with E-state index in [9.17, 15) is 4.79 Å². The van der Waals surface area contributed by atoms with E-state index in [2.05, 4.69) is 12.1 Å². The first-order valence-electron chi connectivity index (χ1n) is 7.00. The van der Waals surface area contributed by atoms with Crippen LogP contribution in [-0.2, 0) is 14.9 Å². The van der Waals surface area contributed by atoms with E-state index in [1.54, 1.807) is 0 Å². The highest BCUT2D eigenvalue weighted by Gasteiger charge is 2.57. The molecule has 2 heteroatoms. The van der Waals surface area contributed by atoms with Gasteiger partial charge in [0, 0.05) is 0 Å². The third-order valence-electron chi connectivity index (χ3n) is 4.78. The zero-order chi connectivity index (χ0) is 12.6. The third-order valence-corrected chi connectivity index (χ3v) is 4.78. The number of hydrogen-bond donors (Lipinski definition) is 0. The molecular weight excluding hydrogens is 224 g/mol. The predicted molar refractivity (Wildman–Crippen MR) is 70.2 cm³/mol. The predicted octanol–water partition coefficient (Wildman–Crippen LogP) is 3.31. The molecule has 3 atom stereocenters. The van der Waals surface area contributed by atoms with Gasteiger partial charge in [-0.15, -0.1) is 0 Å². The van der Waals surface area contributed by atoms with Gasteiger partial charge in [0.1, 0.15) is 0 Å². The van der Waals surface area contributed by atoms with Crippen molar-refractivity contribution in [1.29, 1.82) is 0 Å². The zero-order valence-corrected chi connectivity index (χ0v) is 10.9. The van der Waals surface area contributed by atoms with E-state index in [1.807, 2.05) is 25.1 Å². The van der Waals surface area contributed by atoms with Crippen LogP contribution in [0.15, 0.2) is 30.3 Å². The van der Waals surface area contributed by atoms with Gasteiger partial charge in [-0.3, -0.25) is 4.79 Å². The molecule has 0 amide bonds. The first-order valence-corrected chi connectivity index (χ1v) is 7.00. The Morgan fingerprint density at radius 3 is 2.67 bits per heavy atom. The van der Waals surface area contributed by atoms with Gasteiger partial charge in [0.25, 0.3) is 0 Å². The fraction of sp³-hybridized carbons (Fsp3) is 0.562. The van der Waals surface area contributed by atoms with Crippen LogP contribution in [0.5, 0.6) is 0 Å². The lowest BCUT2D eigenvalue weighted by molar-refractivity contribution is -0.152. The normalized spacial score (nSPS) is 33.6. The van der Waals surface area contributed by atoms with Gasteiger partial charge in [0.05, 0.1) is 12.0 Å². The molecule has 3 rings (SSSR count). The number of benzene rings is 1. The summed E-state index contributed by atoms with van der Waals surface area (Å²) in [5, 5.41) is 0. The Morgan fingerprint density at radius 1 is 1.33 bits per heavy atom. The Balaban J connectivity index is 2.02. The second kappa shape index (κ2) is 4.42. The fourth-order valence-corrected chi connectivity index (χ4v) is 4.05. The van der Waals surface area contributed by atoms with Crippen molar-refractivity contribution >= 4 is 5.97 Å². The molecule has 2 fully saturated rings. The van der Waals surface area contributed by atoms with Crippen molar-refractivity contribution in [3.63, 3.8) is 0 Å². The van der Waals surface area contributed by atoms with Gasteiger partial charge in [-0.2, -0.15) is 0 Å². The standard InChI is InChI=1S/C16H20O2/c1-2-18-15(17)16(13-6-4-3-5-7-13)11-12-8-9-14(16)10-12/h3-7,12,14H,2,8-11H2,1H3. The molecule has 1 aromatic rings. The molecule has 2 saturated carbocycles. The molecule has 2 aliphatic carbocycles. The molecule has 2 bridgehead atoms. The number of esters is 1. The monoisotopic (exact) mass is 244 g/mol. The highest BCUT2D eigenvalue weighted by molar-refractivity contribution is 5.84. The van der Waals surface area contributed by atoms with Gasteiger partial charge in [-0.25, -0.2) is 0 Å². The molecular formula is C16H20O2. The van der Waals surface area contributed by atoms with Crippen molar-refractivity contribution in [2.75, 3.05) is 6.61 Å². The molecule has 0 heterocycles. The Morgan fingerprint density at radius 2 is 2.11 bits per heavy atom. The maximum Gasteiger partial charge on any atom is 0.316 e. The zero-order valence-electron chi connectivity index (χ0n) is 10.9. The second-order valence-corrected chi connectivity index (χ2v) is 5.64. The summed E-state index contributed by atoms with van der Waals surface area (Å²) in [4.78, 5) is 12.5. The van der Waals surface area contributed by atoms with Crippen LogP contribution in [0.2, 0.25) is 0 Å². The van der Waals surface area contributed by atoms with Crippen molar-refractivity contribution in [3.05, 3.63) is 35.9 Å². The Labute approximate surface area is 108 Å². The van der Waals surface area contributed by atoms with Gasteiger partial charge in [0.2, 0.25) is 0 Å². The molecule has 1 aromatic carbocycles. The van der Waals surface area contributed by atoms with E-state index < -0.39 is 0 Å². The topological polar surface area (TPSA) is 26.3 Å². The van der Waals surface area contributed by atoms with Crippen LogP contribution in [0.3, 0.4) is 0 Å². The van der Waals surface area contributed by atoms with Crippen LogP contribution < -0.4 is 0 Å². The molecule has 2 aliphatic rings. The minimum Gasteiger partial charge on any atom is -0.465 e. The average Bonchev–Trinajstić information content (AvgIpc) is 3.01. The van der Waals surface area contributed by atoms with Crippen LogP contribution in [-0.4, -0.2) is 12.6 Å². The van der Waals surface area contributed by atoms with Gasteiger partial charge in [-0.1, -0.05) is 36.8 Å². The van der Waals surface area contributed by atoms with Crippen molar-refractivity contribution in [2.45, 2.75) is 38.0 Å². The van der Waals surface area contributed by atoms with Crippen LogP contribution >= 0.6 is 0 Å². The molecule has 0 saturated heterocycles. The number of fused-ring (bicyclic) bond motifs is 2. The molecule has 0 N–H and O–H groups in total. The largest absolute Gasteiger partial charge is 0.465 e. The molecule has 2 nitrogen and oxygen atoms in total. The first-order chi connectivity index (χ1) is 8.77. The van der Waals surface area contributed by atoms with Crippen LogP contribution in [0.25, 0.3) is 0 Å². The number of rotatable bonds is 3. The van der Waals surface area contributed by atoms with Crippen molar-refractivity contribution < 1.29 is 9.53 Å². The number of ether oxygens (including phenoxy) is 1. The quantitative estimate of drug-likeness (QED) is 0.762. The highest BCUT2D eigenvalue weighted by atomic mass is 16.5. The fourth-order valence-electron chi connectivity index (χ4n) is 4.05. The van der Waals surface area contributed by atoms with E-state index in [4.69, 9.17) is 4.74 Å². The van der Waals surface area contributed by atoms with Crippen LogP contribution in [0, 0.1) is 11.8 Å². The van der Waals surface area contributed by atoms with E-state index >= 15 is 0 Å². The SMILES string of the molecule is CCOC(=O)C1(c2ccccc2)CC2CCC1C2. The van der Waals surface area contributed by atoms with E-state index in [-0.39, 0.29) is 11.4 Å². The summed E-state index contributed by atoms with van der Waals surface area (Å²) < 4.78 is 5.40. The summed E-state index contributed by atoms with van der Waals surface area (Å²) in [6.07, 6.45) is 4.66. The Hall–Kier alpha value is -1.31. The highest BCUT2D eigenvalue weighted by Crippen LogP contribution is 2.57. The van der Waals surface area contributed by atoms with Crippen molar-refractivity contribution in [2.24, 2.45) is 11.8 Å². The van der Waals surface area contributed by atoms with E-state index in [0.29, 0.717) is 12.5 Å². The molecule has 0 spiro atoms. The lowest BCUT2D eigenvalue weighted by atomic mass is 9.68. The molecule has 0 radical (unpaired) electrons. The summed E-state index contributed by atoms with van der Waals surface area (Å²) in [6.45, 7) is 2.37. The second-order valence-electron chi connectivity index (χ2n) is 5.64. The van der Waals surface area contributed by atoms with E-state index in [1.165, 1.54) is 19.3 Å². The Kier molecular flexibility index (Phi) is 2.89. The molecule has 0 aromatic heterocycles. The summed E-state index contributed by atoms with van der Waals surface area (Å²) in [5.41, 5.74) is 0.816. The summed E-state index contributed by atoms with van der Waals surface area (Å²) in [5.74, 6) is 1.21. The van der Waals surface area contributed by atoms with Gasteiger partial charge in [-0.05, 0) is 43.6 Å². The van der Waals surface area contributed by atoms with Gasteiger partial charge < -0.3 is 4.74 Å². The molecule has 96 valence electrons. The van der Waals surface area contributed by atoms with Crippen molar-refractivity contribution in [1.82, 2.24) is 0 Å². The molecule has 0 aliphatic heterocycles. The van der Waals surface area contributed by atoms with E-state index in [0.717, 1.165) is 17.9 Å². The lowest BCUT2D eigenvalue weighted by Crippen LogP contribution is -2.42. The maximum atomic E-state index is 12.5. The number of hydrogen-bond acceptors (Lipinski definition) is 2. The molecule has 3 unspecified atom stereocenters. The molecule has 18 heavy (non-hydrogen) atoms. The van der Waals surface area contributed by atoms with Crippen LogP contribution in [0.4, 0.5) is 0 Å². The smallest absolute Gasteiger partial charge is 0.316 e. The summed E-state index contributed by atoms with van der Waals surface area (Å²) in [7, 11) is 0. The minimum absolute atomic E-state index is 0.00315. The first kappa shape index (κ1) is 11.8. The minimum atomic E-state index is -0.347. The van der Waals surface area contributed by atoms with Crippen LogP contribution in [0.1, 0.15) is 38.2 Å². The summed E-state index contributed by atoms with van der Waals surface area (Å²) >= 11 is 0. The van der Waals surface area contributed by atoms with Gasteiger partial charge >= 0.3 is 5.97 Å². The summed E-state index contributed by atoms with van der Waals surface area (Å²) in [6, 6.07) is 10.3. The number of carbonyl (C=O) groups is 1. The average molecular weight is 244 g/mol.